The summed E-state index contributed by atoms with van der Waals surface area (Å²) >= 11 is 0. The molecule has 1 heterocycles. The van der Waals surface area contributed by atoms with Crippen LogP contribution in [0, 0.1) is 0 Å². The SMILES string of the molecule is COc1cccc(-c2ccnc(NC[C@@H](N)[C@H](C)OC)n2)c1. The predicted molar refractivity (Wildman–Crippen MR) is 87.0 cm³/mol. The van der Waals surface area contributed by atoms with Crippen LogP contribution in [0.2, 0.25) is 0 Å². The lowest BCUT2D eigenvalue weighted by molar-refractivity contribution is 0.0989. The molecule has 0 saturated heterocycles. The maximum absolute atomic E-state index is 6.00. The Hall–Kier alpha value is -2.18. The van der Waals surface area contributed by atoms with E-state index in [4.69, 9.17) is 15.2 Å². The standard InChI is InChI=1S/C16H22N4O2/c1-11(21-2)14(17)10-19-16-18-8-7-15(20-16)12-5-4-6-13(9-12)22-3/h4-9,11,14H,10,17H2,1-3H3,(H,18,19,20)/t11-,14+/m0/s1. The number of rotatable bonds is 7. The lowest BCUT2D eigenvalue weighted by Crippen LogP contribution is -2.40. The molecular formula is C16H22N4O2. The molecule has 0 aliphatic heterocycles. The van der Waals surface area contributed by atoms with Gasteiger partial charge < -0.3 is 20.5 Å². The quantitative estimate of drug-likeness (QED) is 0.813. The minimum absolute atomic E-state index is 0.0333. The molecule has 118 valence electrons. The van der Waals surface area contributed by atoms with Gasteiger partial charge in [0.2, 0.25) is 5.95 Å². The monoisotopic (exact) mass is 302 g/mol. The highest BCUT2D eigenvalue weighted by Gasteiger charge is 2.12. The molecule has 0 aliphatic carbocycles. The zero-order valence-electron chi connectivity index (χ0n) is 13.1. The first-order valence-electron chi connectivity index (χ1n) is 7.13. The molecule has 6 heteroatoms. The van der Waals surface area contributed by atoms with Crippen molar-refractivity contribution in [1.82, 2.24) is 9.97 Å². The predicted octanol–water partition coefficient (Wildman–Crippen LogP) is 1.93. The van der Waals surface area contributed by atoms with E-state index in [1.165, 1.54) is 0 Å². The Bertz CT molecular complexity index is 606. The zero-order chi connectivity index (χ0) is 15.9. The van der Waals surface area contributed by atoms with E-state index in [1.54, 1.807) is 20.4 Å². The van der Waals surface area contributed by atoms with E-state index in [0.717, 1.165) is 17.0 Å². The molecule has 1 aromatic carbocycles. The lowest BCUT2D eigenvalue weighted by Gasteiger charge is -2.18. The molecule has 0 unspecified atom stereocenters. The van der Waals surface area contributed by atoms with Gasteiger partial charge in [-0.3, -0.25) is 0 Å². The molecule has 0 bridgehead atoms. The largest absolute Gasteiger partial charge is 0.497 e. The Morgan fingerprint density at radius 2 is 2.09 bits per heavy atom. The zero-order valence-corrected chi connectivity index (χ0v) is 13.1. The van der Waals surface area contributed by atoms with Gasteiger partial charge >= 0.3 is 0 Å². The average molecular weight is 302 g/mol. The van der Waals surface area contributed by atoms with Crippen molar-refractivity contribution in [1.29, 1.82) is 0 Å². The third-order valence-electron chi connectivity index (χ3n) is 3.49. The highest BCUT2D eigenvalue weighted by molar-refractivity contribution is 5.61. The molecule has 1 aromatic heterocycles. The van der Waals surface area contributed by atoms with Crippen LogP contribution in [0.1, 0.15) is 6.92 Å². The molecule has 6 nitrogen and oxygen atoms in total. The first-order valence-corrected chi connectivity index (χ1v) is 7.13. The van der Waals surface area contributed by atoms with Crippen molar-refractivity contribution in [2.24, 2.45) is 5.73 Å². The molecular weight excluding hydrogens is 280 g/mol. The third kappa shape index (κ3) is 4.16. The molecule has 2 rings (SSSR count). The minimum atomic E-state index is -0.130. The second-order valence-electron chi connectivity index (χ2n) is 4.98. The van der Waals surface area contributed by atoms with Crippen LogP contribution in [0.15, 0.2) is 36.5 Å². The van der Waals surface area contributed by atoms with Crippen LogP contribution in [0.4, 0.5) is 5.95 Å². The average Bonchev–Trinajstić information content (AvgIpc) is 2.59. The summed E-state index contributed by atoms with van der Waals surface area (Å²) < 4.78 is 10.4. The number of benzene rings is 1. The minimum Gasteiger partial charge on any atom is -0.497 e. The molecule has 2 aromatic rings. The normalized spacial score (nSPS) is 13.5. The van der Waals surface area contributed by atoms with Crippen molar-refractivity contribution in [3.63, 3.8) is 0 Å². The van der Waals surface area contributed by atoms with E-state index in [2.05, 4.69) is 15.3 Å². The molecule has 0 saturated carbocycles. The van der Waals surface area contributed by atoms with Crippen molar-refractivity contribution in [3.8, 4) is 17.0 Å². The number of nitrogens with two attached hydrogens (primary N) is 1. The maximum Gasteiger partial charge on any atom is 0.223 e. The van der Waals surface area contributed by atoms with E-state index in [-0.39, 0.29) is 12.1 Å². The van der Waals surface area contributed by atoms with Crippen LogP contribution in [0.25, 0.3) is 11.3 Å². The van der Waals surface area contributed by atoms with Crippen molar-refractivity contribution in [2.45, 2.75) is 19.1 Å². The van der Waals surface area contributed by atoms with Crippen molar-refractivity contribution in [2.75, 3.05) is 26.1 Å². The second kappa shape index (κ2) is 7.72. The summed E-state index contributed by atoms with van der Waals surface area (Å²) in [6.07, 6.45) is 1.68. The molecule has 22 heavy (non-hydrogen) atoms. The molecule has 3 N–H and O–H groups in total. The van der Waals surface area contributed by atoms with E-state index < -0.39 is 0 Å². The molecule has 0 radical (unpaired) electrons. The summed E-state index contributed by atoms with van der Waals surface area (Å²) in [5, 5.41) is 3.14. The van der Waals surface area contributed by atoms with Crippen molar-refractivity contribution >= 4 is 5.95 Å². The van der Waals surface area contributed by atoms with Gasteiger partial charge in [0.1, 0.15) is 5.75 Å². The van der Waals surface area contributed by atoms with Crippen LogP contribution in [-0.4, -0.2) is 42.9 Å². The fourth-order valence-electron chi connectivity index (χ4n) is 1.94. The fraction of sp³-hybridized carbons (Fsp3) is 0.375. The Balaban J connectivity index is 2.09. The summed E-state index contributed by atoms with van der Waals surface area (Å²) in [7, 11) is 3.29. The summed E-state index contributed by atoms with van der Waals surface area (Å²) in [6, 6.07) is 9.47. The maximum atomic E-state index is 6.00. The van der Waals surface area contributed by atoms with Crippen LogP contribution >= 0.6 is 0 Å². The first kappa shape index (κ1) is 16.2. The Labute approximate surface area is 130 Å². The van der Waals surface area contributed by atoms with Gasteiger partial charge in [0.25, 0.3) is 0 Å². The van der Waals surface area contributed by atoms with Crippen LogP contribution in [0.5, 0.6) is 5.75 Å². The smallest absolute Gasteiger partial charge is 0.223 e. The molecule has 0 spiro atoms. The van der Waals surface area contributed by atoms with E-state index in [0.29, 0.717) is 12.5 Å². The number of aromatic nitrogens is 2. The van der Waals surface area contributed by atoms with Gasteiger partial charge in [-0.05, 0) is 25.1 Å². The number of nitrogens with zero attached hydrogens (tertiary/aromatic N) is 2. The summed E-state index contributed by atoms with van der Waals surface area (Å²) in [6.45, 7) is 2.47. The highest BCUT2D eigenvalue weighted by Crippen LogP contribution is 2.22. The van der Waals surface area contributed by atoms with Gasteiger partial charge in [-0.2, -0.15) is 0 Å². The number of methoxy groups -OCH3 is 2. The topological polar surface area (TPSA) is 82.3 Å². The van der Waals surface area contributed by atoms with Gasteiger partial charge in [0, 0.05) is 31.5 Å². The summed E-state index contributed by atoms with van der Waals surface area (Å²) in [5.74, 6) is 1.33. The highest BCUT2D eigenvalue weighted by atomic mass is 16.5. The summed E-state index contributed by atoms with van der Waals surface area (Å²) in [5.41, 5.74) is 7.80. The Morgan fingerprint density at radius 1 is 1.27 bits per heavy atom. The molecule has 0 fully saturated rings. The Kier molecular flexibility index (Phi) is 5.68. The second-order valence-corrected chi connectivity index (χ2v) is 4.98. The lowest BCUT2D eigenvalue weighted by atomic mass is 10.1. The first-order chi connectivity index (χ1) is 10.6. The van der Waals surface area contributed by atoms with Gasteiger partial charge in [-0.1, -0.05) is 12.1 Å². The number of hydrogen-bond donors (Lipinski definition) is 2. The van der Waals surface area contributed by atoms with Gasteiger partial charge in [-0.15, -0.1) is 0 Å². The van der Waals surface area contributed by atoms with Crippen LogP contribution in [0.3, 0.4) is 0 Å². The Morgan fingerprint density at radius 3 is 2.82 bits per heavy atom. The van der Waals surface area contributed by atoms with Crippen LogP contribution in [-0.2, 0) is 4.74 Å². The number of hydrogen-bond acceptors (Lipinski definition) is 6. The third-order valence-corrected chi connectivity index (χ3v) is 3.49. The molecule has 0 aliphatic rings. The van der Waals surface area contributed by atoms with Crippen molar-refractivity contribution < 1.29 is 9.47 Å². The molecule has 2 atom stereocenters. The van der Waals surface area contributed by atoms with E-state index in [1.807, 2.05) is 37.3 Å². The van der Waals surface area contributed by atoms with E-state index >= 15 is 0 Å². The van der Waals surface area contributed by atoms with Gasteiger partial charge in [0.05, 0.1) is 18.9 Å². The number of ether oxygens (including phenoxy) is 2. The van der Waals surface area contributed by atoms with Gasteiger partial charge in [-0.25, -0.2) is 9.97 Å². The number of nitrogens with one attached hydrogen (secondary N) is 1. The number of anilines is 1. The fourth-order valence-corrected chi connectivity index (χ4v) is 1.94. The van der Waals surface area contributed by atoms with E-state index in [9.17, 15) is 0 Å². The van der Waals surface area contributed by atoms with Crippen molar-refractivity contribution in [3.05, 3.63) is 36.5 Å². The molecule has 0 amide bonds. The van der Waals surface area contributed by atoms with Gasteiger partial charge in [0.15, 0.2) is 0 Å². The van der Waals surface area contributed by atoms with Crippen LogP contribution < -0.4 is 15.8 Å². The summed E-state index contributed by atoms with van der Waals surface area (Å²) in [4.78, 5) is 8.72.